The van der Waals surface area contributed by atoms with Crippen LogP contribution in [-0.2, 0) is 9.59 Å². The summed E-state index contributed by atoms with van der Waals surface area (Å²) < 4.78 is 27.0. The number of amides is 2. The van der Waals surface area contributed by atoms with Crippen molar-refractivity contribution >= 4 is 29.4 Å². The van der Waals surface area contributed by atoms with Gasteiger partial charge in [-0.25, -0.2) is 9.07 Å². The second kappa shape index (κ2) is 11.8. The highest BCUT2D eigenvalue weighted by Gasteiger charge is 2.38. The predicted molar refractivity (Wildman–Crippen MR) is 163 cm³/mol. The van der Waals surface area contributed by atoms with Crippen LogP contribution in [0, 0.1) is 5.82 Å². The van der Waals surface area contributed by atoms with E-state index < -0.39 is 0 Å². The molecule has 0 spiro atoms. The Morgan fingerprint density at radius 1 is 0.977 bits per heavy atom. The van der Waals surface area contributed by atoms with Crippen molar-refractivity contribution in [2.75, 3.05) is 24.0 Å². The SMILES string of the molecule is O=C(CN1C(=O)CSC(c2ccc3c(c2)OCO3)c2c(-c3ccccc3)nn(-c3ccc(F)cc3)c21)NC1CCCCC1. The third-order valence-corrected chi connectivity index (χ3v) is 9.43. The van der Waals surface area contributed by atoms with Crippen molar-refractivity contribution in [1.82, 2.24) is 15.1 Å². The molecule has 1 saturated carbocycles. The maximum atomic E-state index is 14.0. The lowest BCUT2D eigenvalue weighted by molar-refractivity contribution is -0.123. The Kier molecular flexibility index (Phi) is 7.52. The number of nitrogens with one attached hydrogen (secondary N) is 1. The summed E-state index contributed by atoms with van der Waals surface area (Å²) >= 11 is 1.49. The minimum absolute atomic E-state index is 0.112. The molecule has 2 aliphatic heterocycles. The van der Waals surface area contributed by atoms with Gasteiger partial charge in [0.15, 0.2) is 11.5 Å². The summed E-state index contributed by atoms with van der Waals surface area (Å²) in [6.45, 7) is 0.0137. The first-order valence-corrected chi connectivity index (χ1v) is 15.6. The first kappa shape index (κ1) is 27.5. The topological polar surface area (TPSA) is 85.7 Å². The van der Waals surface area contributed by atoms with E-state index in [0.717, 1.165) is 42.4 Å². The van der Waals surface area contributed by atoms with E-state index >= 15 is 0 Å². The highest BCUT2D eigenvalue weighted by molar-refractivity contribution is 8.00. The second-order valence-corrected chi connectivity index (χ2v) is 12.1. The number of ether oxygens (including phenoxy) is 2. The first-order valence-electron chi connectivity index (χ1n) is 14.6. The van der Waals surface area contributed by atoms with Crippen LogP contribution in [0.5, 0.6) is 11.5 Å². The number of aromatic nitrogens is 2. The van der Waals surface area contributed by atoms with Crippen molar-refractivity contribution in [3.8, 4) is 28.4 Å². The summed E-state index contributed by atoms with van der Waals surface area (Å²) in [7, 11) is 0. The molecule has 3 aliphatic rings. The zero-order valence-corrected chi connectivity index (χ0v) is 24.3. The Morgan fingerprint density at radius 3 is 2.53 bits per heavy atom. The van der Waals surface area contributed by atoms with Crippen LogP contribution in [0.2, 0.25) is 0 Å². The van der Waals surface area contributed by atoms with Gasteiger partial charge in [-0.3, -0.25) is 14.5 Å². The van der Waals surface area contributed by atoms with Gasteiger partial charge in [-0.15, -0.1) is 11.8 Å². The molecule has 0 saturated heterocycles. The van der Waals surface area contributed by atoms with Crippen LogP contribution in [0.4, 0.5) is 10.2 Å². The molecule has 2 amide bonds. The molecular weight excluding hydrogens is 567 g/mol. The molecule has 8 nitrogen and oxygen atoms in total. The van der Waals surface area contributed by atoms with Gasteiger partial charge in [0.25, 0.3) is 0 Å². The zero-order chi connectivity index (χ0) is 29.3. The average Bonchev–Trinajstić information content (AvgIpc) is 3.63. The van der Waals surface area contributed by atoms with E-state index in [0.29, 0.717) is 28.7 Å². The van der Waals surface area contributed by atoms with E-state index in [-0.39, 0.29) is 48.0 Å². The van der Waals surface area contributed by atoms with Gasteiger partial charge >= 0.3 is 0 Å². The van der Waals surface area contributed by atoms with Gasteiger partial charge in [0.05, 0.1) is 22.4 Å². The molecule has 3 aromatic carbocycles. The van der Waals surface area contributed by atoms with Gasteiger partial charge < -0.3 is 14.8 Å². The maximum Gasteiger partial charge on any atom is 0.240 e. The van der Waals surface area contributed by atoms with Gasteiger partial charge in [0.1, 0.15) is 18.2 Å². The molecule has 1 aromatic heterocycles. The van der Waals surface area contributed by atoms with Crippen LogP contribution in [0.1, 0.15) is 48.5 Å². The minimum atomic E-state index is -0.376. The van der Waals surface area contributed by atoms with E-state index in [4.69, 9.17) is 14.6 Å². The van der Waals surface area contributed by atoms with Gasteiger partial charge in [0, 0.05) is 17.2 Å². The highest BCUT2D eigenvalue weighted by atomic mass is 32.2. The first-order chi connectivity index (χ1) is 21.0. The molecule has 1 unspecified atom stereocenters. The monoisotopic (exact) mass is 598 g/mol. The smallest absolute Gasteiger partial charge is 0.240 e. The van der Waals surface area contributed by atoms with Gasteiger partial charge in [-0.1, -0.05) is 55.7 Å². The number of nitrogens with zero attached hydrogens (tertiary/aromatic N) is 3. The number of carbonyl (C=O) groups is 2. The summed E-state index contributed by atoms with van der Waals surface area (Å²) in [5.41, 5.74) is 3.86. The molecule has 1 N–H and O–H groups in total. The Balaban J connectivity index is 1.40. The van der Waals surface area contributed by atoms with Crippen molar-refractivity contribution in [2.45, 2.75) is 43.4 Å². The molecule has 0 radical (unpaired) electrons. The summed E-state index contributed by atoms with van der Waals surface area (Å²) in [6, 6.07) is 21.7. The number of anilines is 1. The van der Waals surface area contributed by atoms with Crippen molar-refractivity contribution in [3.63, 3.8) is 0 Å². The third kappa shape index (κ3) is 5.47. The number of thioether (sulfide) groups is 1. The summed E-state index contributed by atoms with van der Waals surface area (Å²) in [4.78, 5) is 29.0. The van der Waals surface area contributed by atoms with E-state index in [1.165, 1.54) is 30.3 Å². The number of hydrogen-bond acceptors (Lipinski definition) is 6. The van der Waals surface area contributed by atoms with Crippen LogP contribution in [0.3, 0.4) is 0 Å². The lowest BCUT2D eigenvalue weighted by Crippen LogP contribution is -2.46. The van der Waals surface area contributed by atoms with Crippen molar-refractivity contribution in [1.29, 1.82) is 0 Å². The number of rotatable bonds is 6. The fourth-order valence-electron chi connectivity index (χ4n) is 6.09. The van der Waals surface area contributed by atoms with Gasteiger partial charge in [0.2, 0.25) is 18.6 Å². The quantitative estimate of drug-likeness (QED) is 0.292. The van der Waals surface area contributed by atoms with E-state index in [2.05, 4.69) is 5.32 Å². The van der Waals surface area contributed by atoms with Crippen molar-refractivity contribution in [2.24, 2.45) is 0 Å². The van der Waals surface area contributed by atoms with E-state index in [1.807, 2.05) is 48.5 Å². The molecule has 0 bridgehead atoms. The largest absolute Gasteiger partial charge is 0.454 e. The summed E-state index contributed by atoms with van der Waals surface area (Å²) in [5, 5.41) is 7.91. The minimum Gasteiger partial charge on any atom is -0.454 e. The Bertz CT molecular complexity index is 1650. The molecule has 4 aromatic rings. The van der Waals surface area contributed by atoms with Crippen LogP contribution < -0.4 is 19.7 Å². The molecule has 1 aliphatic carbocycles. The van der Waals surface area contributed by atoms with Crippen LogP contribution in [-0.4, -0.2) is 46.7 Å². The molecule has 1 atom stereocenters. The number of carbonyl (C=O) groups excluding carboxylic acids is 2. The average molecular weight is 599 g/mol. The number of benzene rings is 3. The van der Waals surface area contributed by atoms with Crippen LogP contribution in [0.15, 0.2) is 72.8 Å². The Hall–Kier alpha value is -4.31. The van der Waals surface area contributed by atoms with Crippen LogP contribution >= 0.6 is 11.8 Å². The molecular formula is C33H31FN4O4S. The van der Waals surface area contributed by atoms with Crippen molar-refractivity contribution < 1.29 is 23.5 Å². The number of halogens is 1. The fourth-order valence-corrected chi connectivity index (χ4v) is 7.28. The number of hydrogen-bond donors (Lipinski definition) is 1. The lowest BCUT2D eigenvalue weighted by Gasteiger charge is -2.26. The van der Waals surface area contributed by atoms with Gasteiger partial charge in [-0.05, 0) is 54.8 Å². The Labute approximate surface area is 253 Å². The summed E-state index contributed by atoms with van der Waals surface area (Å²) in [5.74, 6) is 1.20. The third-order valence-electron chi connectivity index (χ3n) is 8.18. The fraction of sp³-hybridized carbons (Fsp3) is 0.303. The highest BCUT2D eigenvalue weighted by Crippen LogP contribution is 2.50. The molecule has 220 valence electrons. The molecule has 43 heavy (non-hydrogen) atoms. The maximum absolute atomic E-state index is 14.0. The number of fused-ring (bicyclic) bond motifs is 2. The second-order valence-electron chi connectivity index (χ2n) is 11.0. The normalized spacial score (nSPS) is 18.3. The standard InChI is InChI=1S/C33H31FN4O4S/c34-23-12-14-25(15-13-23)38-33-30(31(36-38)21-7-3-1-4-8-21)32(22-11-16-26-27(17-22)42-20-41-26)43-19-29(40)37(33)18-28(39)35-24-9-5-2-6-10-24/h1,3-4,7-8,11-17,24,32H,2,5-6,9-10,18-20H2,(H,35,39). The van der Waals surface area contributed by atoms with Crippen LogP contribution in [0.25, 0.3) is 16.9 Å². The predicted octanol–water partition coefficient (Wildman–Crippen LogP) is 6.03. The van der Waals surface area contributed by atoms with Crippen molar-refractivity contribution in [3.05, 3.63) is 89.7 Å². The molecule has 10 heteroatoms. The molecule has 7 rings (SSSR count). The Morgan fingerprint density at radius 2 is 1.74 bits per heavy atom. The van der Waals surface area contributed by atoms with E-state index in [1.54, 1.807) is 21.7 Å². The lowest BCUT2D eigenvalue weighted by atomic mass is 9.95. The van der Waals surface area contributed by atoms with E-state index in [9.17, 15) is 14.0 Å². The summed E-state index contributed by atoms with van der Waals surface area (Å²) in [6.07, 6.45) is 5.24. The van der Waals surface area contributed by atoms with Gasteiger partial charge in [-0.2, -0.15) is 5.10 Å². The molecule has 1 fully saturated rings. The molecule has 3 heterocycles. The zero-order valence-electron chi connectivity index (χ0n) is 23.5.